The molecule has 0 aromatic heterocycles. The fourth-order valence-corrected chi connectivity index (χ4v) is 3.26. The lowest BCUT2D eigenvalue weighted by Crippen LogP contribution is -2.46. The summed E-state index contributed by atoms with van der Waals surface area (Å²) >= 11 is 0. The van der Waals surface area contributed by atoms with Gasteiger partial charge in [0, 0.05) is 31.7 Å². The highest BCUT2D eigenvalue weighted by Crippen LogP contribution is 2.29. The number of anilines is 2. The van der Waals surface area contributed by atoms with Crippen LogP contribution in [0.25, 0.3) is 0 Å². The number of amides is 1. The zero-order valence-electron chi connectivity index (χ0n) is 16.1. The number of piperazine rings is 1. The van der Waals surface area contributed by atoms with Crippen LogP contribution in [0.2, 0.25) is 0 Å². The molecule has 1 heterocycles. The van der Waals surface area contributed by atoms with Crippen LogP contribution in [0.15, 0.2) is 42.5 Å². The van der Waals surface area contributed by atoms with Crippen molar-refractivity contribution in [2.75, 3.05) is 50.1 Å². The summed E-state index contributed by atoms with van der Waals surface area (Å²) in [5.74, 6) is -1.24. The maximum Gasteiger partial charge on any atom is 0.337 e. The van der Waals surface area contributed by atoms with E-state index in [1.54, 1.807) is 12.1 Å². The number of rotatable bonds is 5. The maximum absolute atomic E-state index is 13.1. The van der Waals surface area contributed by atoms with E-state index in [4.69, 9.17) is 4.74 Å². The number of methoxy groups -OCH3 is 1. The summed E-state index contributed by atoms with van der Waals surface area (Å²) in [6.45, 7) is 6.65. The van der Waals surface area contributed by atoms with Crippen LogP contribution in [0.4, 0.5) is 15.8 Å². The number of hydrogen-bond acceptors (Lipinski definition) is 5. The van der Waals surface area contributed by atoms with Gasteiger partial charge in [0.2, 0.25) is 0 Å². The predicted molar refractivity (Wildman–Crippen MR) is 106 cm³/mol. The SMILES string of the molecule is CCN1CCN(c2ccc(C(=O)OC)cc2NC(=O)c2ccc(F)cc2)CC1. The first-order valence-corrected chi connectivity index (χ1v) is 9.28. The van der Waals surface area contributed by atoms with Gasteiger partial charge in [-0.25, -0.2) is 9.18 Å². The molecule has 148 valence electrons. The Morgan fingerprint density at radius 3 is 2.29 bits per heavy atom. The minimum atomic E-state index is -0.473. The summed E-state index contributed by atoms with van der Waals surface area (Å²) in [6.07, 6.45) is 0. The lowest BCUT2D eigenvalue weighted by Gasteiger charge is -2.36. The van der Waals surface area contributed by atoms with E-state index in [-0.39, 0.29) is 5.91 Å². The molecule has 1 aliphatic rings. The molecule has 7 heteroatoms. The van der Waals surface area contributed by atoms with Crippen LogP contribution in [0.3, 0.4) is 0 Å². The van der Waals surface area contributed by atoms with Crippen LogP contribution in [0.1, 0.15) is 27.6 Å². The van der Waals surface area contributed by atoms with Crippen molar-refractivity contribution in [2.45, 2.75) is 6.92 Å². The number of likely N-dealkylation sites (N-methyl/N-ethyl adjacent to an activating group) is 1. The monoisotopic (exact) mass is 385 g/mol. The van der Waals surface area contributed by atoms with Gasteiger partial charge >= 0.3 is 5.97 Å². The van der Waals surface area contributed by atoms with Crippen molar-refractivity contribution < 1.29 is 18.7 Å². The van der Waals surface area contributed by atoms with Crippen LogP contribution in [-0.4, -0.2) is 56.6 Å². The summed E-state index contributed by atoms with van der Waals surface area (Å²) < 4.78 is 17.9. The van der Waals surface area contributed by atoms with Crippen LogP contribution in [0.5, 0.6) is 0 Å². The second-order valence-corrected chi connectivity index (χ2v) is 6.61. The van der Waals surface area contributed by atoms with Gasteiger partial charge in [0.1, 0.15) is 5.82 Å². The second kappa shape index (κ2) is 8.84. The molecule has 2 aromatic carbocycles. The summed E-state index contributed by atoms with van der Waals surface area (Å²) in [4.78, 5) is 29.1. The van der Waals surface area contributed by atoms with Crippen molar-refractivity contribution in [3.63, 3.8) is 0 Å². The van der Waals surface area contributed by atoms with Gasteiger partial charge in [-0.1, -0.05) is 6.92 Å². The van der Waals surface area contributed by atoms with Crippen molar-refractivity contribution in [3.8, 4) is 0 Å². The van der Waals surface area contributed by atoms with Gasteiger partial charge in [0.15, 0.2) is 0 Å². The number of benzene rings is 2. The van der Waals surface area contributed by atoms with Crippen LogP contribution in [-0.2, 0) is 4.74 Å². The molecule has 2 aromatic rings. The number of halogens is 1. The Balaban J connectivity index is 1.88. The topological polar surface area (TPSA) is 61.9 Å². The fourth-order valence-electron chi connectivity index (χ4n) is 3.26. The molecule has 3 rings (SSSR count). The van der Waals surface area contributed by atoms with Gasteiger partial charge in [0.25, 0.3) is 5.91 Å². The normalized spacial score (nSPS) is 14.6. The van der Waals surface area contributed by atoms with E-state index < -0.39 is 11.8 Å². The molecule has 0 atom stereocenters. The van der Waals surface area contributed by atoms with Gasteiger partial charge < -0.3 is 19.9 Å². The molecule has 0 saturated carbocycles. The highest BCUT2D eigenvalue weighted by atomic mass is 19.1. The smallest absolute Gasteiger partial charge is 0.337 e. The van der Waals surface area contributed by atoms with Crippen molar-refractivity contribution in [3.05, 3.63) is 59.4 Å². The van der Waals surface area contributed by atoms with Crippen LogP contribution in [0, 0.1) is 5.82 Å². The molecule has 0 bridgehead atoms. The molecular weight excluding hydrogens is 361 g/mol. The standard InChI is InChI=1S/C21H24FN3O3/c1-3-24-10-12-25(13-11-24)19-9-6-16(21(27)28-2)14-18(19)23-20(26)15-4-7-17(22)8-5-15/h4-9,14H,3,10-13H2,1-2H3,(H,23,26). The number of nitrogens with zero attached hydrogens (tertiary/aromatic N) is 2. The molecule has 28 heavy (non-hydrogen) atoms. The highest BCUT2D eigenvalue weighted by Gasteiger charge is 2.21. The minimum absolute atomic E-state index is 0.339. The second-order valence-electron chi connectivity index (χ2n) is 6.61. The first-order valence-electron chi connectivity index (χ1n) is 9.28. The number of carbonyl (C=O) groups excluding carboxylic acids is 2. The van der Waals surface area contributed by atoms with Gasteiger partial charge in [0.05, 0.1) is 24.0 Å². The largest absolute Gasteiger partial charge is 0.465 e. The Kier molecular flexibility index (Phi) is 6.26. The molecule has 6 nitrogen and oxygen atoms in total. The summed E-state index contributed by atoms with van der Waals surface area (Å²) in [5, 5.41) is 2.86. The van der Waals surface area contributed by atoms with Crippen molar-refractivity contribution >= 4 is 23.3 Å². The van der Waals surface area contributed by atoms with E-state index in [2.05, 4.69) is 22.0 Å². The van der Waals surface area contributed by atoms with Gasteiger partial charge in [-0.05, 0) is 49.0 Å². The van der Waals surface area contributed by atoms with Gasteiger partial charge in [-0.3, -0.25) is 4.79 Å². The first kappa shape index (κ1) is 19.8. The highest BCUT2D eigenvalue weighted by molar-refractivity contribution is 6.06. The summed E-state index contributed by atoms with van der Waals surface area (Å²) in [7, 11) is 1.32. The number of esters is 1. The molecule has 0 radical (unpaired) electrons. The molecule has 0 spiro atoms. The Morgan fingerprint density at radius 2 is 1.68 bits per heavy atom. The third kappa shape index (κ3) is 4.48. The van der Waals surface area contributed by atoms with Crippen LogP contribution < -0.4 is 10.2 Å². The Hall–Kier alpha value is -2.93. The third-order valence-electron chi connectivity index (χ3n) is 4.93. The average molecular weight is 385 g/mol. The molecular formula is C21H24FN3O3. The quantitative estimate of drug-likeness (QED) is 0.802. The molecule has 1 amide bonds. The zero-order chi connectivity index (χ0) is 20.1. The Morgan fingerprint density at radius 1 is 1.04 bits per heavy atom. The molecule has 1 saturated heterocycles. The molecule has 1 fully saturated rings. The van der Waals surface area contributed by atoms with E-state index in [0.29, 0.717) is 16.8 Å². The van der Waals surface area contributed by atoms with E-state index in [1.165, 1.54) is 31.4 Å². The third-order valence-corrected chi connectivity index (χ3v) is 4.93. The molecule has 0 unspecified atom stereocenters. The number of carbonyl (C=O) groups is 2. The number of ether oxygens (including phenoxy) is 1. The van der Waals surface area contributed by atoms with E-state index in [0.717, 1.165) is 38.4 Å². The van der Waals surface area contributed by atoms with E-state index in [1.807, 2.05) is 6.07 Å². The molecule has 0 aliphatic carbocycles. The lowest BCUT2D eigenvalue weighted by molar-refractivity contribution is 0.0600. The Bertz CT molecular complexity index is 846. The number of hydrogen-bond donors (Lipinski definition) is 1. The van der Waals surface area contributed by atoms with Crippen molar-refractivity contribution in [2.24, 2.45) is 0 Å². The fraction of sp³-hybridized carbons (Fsp3) is 0.333. The lowest BCUT2D eigenvalue weighted by atomic mass is 10.1. The van der Waals surface area contributed by atoms with Gasteiger partial charge in [-0.2, -0.15) is 0 Å². The molecule has 1 N–H and O–H groups in total. The van der Waals surface area contributed by atoms with E-state index in [9.17, 15) is 14.0 Å². The van der Waals surface area contributed by atoms with Crippen LogP contribution >= 0.6 is 0 Å². The maximum atomic E-state index is 13.1. The van der Waals surface area contributed by atoms with Crippen molar-refractivity contribution in [1.29, 1.82) is 0 Å². The first-order chi connectivity index (χ1) is 13.5. The summed E-state index contributed by atoms with van der Waals surface area (Å²) in [6, 6.07) is 10.5. The number of nitrogens with one attached hydrogen (secondary N) is 1. The predicted octanol–water partition coefficient (Wildman–Crippen LogP) is 3.01. The molecule has 1 aliphatic heterocycles. The summed E-state index contributed by atoms with van der Waals surface area (Å²) in [5.41, 5.74) is 2.07. The minimum Gasteiger partial charge on any atom is -0.465 e. The van der Waals surface area contributed by atoms with Crippen molar-refractivity contribution in [1.82, 2.24) is 4.90 Å². The van der Waals surface area contributed by atoms with E-state index >= 15 is 0 Å². The van der Waals surface area contributed by atoms with Gasteiger partial charge in [-0.15, -0.1) is 0 Å². The average Bonchev–Trinajstić information content (AvgIpc) is 2.73. The Labute approximate surface area is 163 Å². The zero-order valence-corrected chi connectivity index (χ0v) is 16.1.